The highest BCUT2D eigenvalue weighted by Crippen LogP contribution is 2.16. The van der Waals surface area contributed by atoms with Crippen LogP contribution < -0.4 is 4.74 Å². The second kappa shape index (κ2) is 7.27. The van der Waals surface area contributed by atoms with Crippen LogP contribution >= 0.6 is 0 Å². The summed E-state index contributed by atoms with van der Waals surface area (Å²) in [5.74, 6) is 4.52. The van der Waals surface area contributed by atoms with Crippen molar-refractivity contribution in [1.29, 1.82) is 0 Å². The summed E-state index contributed by atoms with van der Waals surface area (Å²) >= 11 is 0. The molecule has 0 aliphatic carbocycles. The van der Waals surface area contributed by atoms with Gasteiger partial charge in [-0.2, -0.15) is 0 Å². The lowest BCUT2D eigenvalue weighted by Gasteiger charge is -2.09. The van der Waals surface area contributed by atoms with E-state index < -0.39 is 20.9 Å². The van der Waals surface area contributed by atoms with E-state index in [2.05, 4.69) is 11.8 Å². The summed E-state index contributed by atoms with van der Waals surface area (Å²) in [6.45, 7) is 2.83. The van der Waals surface area contributed by atoms with Crippen molar-refractivity contribution in [1.82, 2.24) is 0 Å². The van der Waals surface area contributed by atoms with Gasteiger partial charge in [0.2, 0.25) is 0 Å². The standard InChI is InChI=1S/C14H17FO4S/c1-11(2)20(17,18)7-6-19-14-9-12(4-3-5-16)8-13(15)10-14/h8-11,16H,5-7H2,1-2H3. The van der Waals surface area contributed by atoms with Gasteiger partial charge in [-0.15, -0.1) is 0 Å². The second-order valence-corrected chi connectivity index (χ2v) is 7.08. The number of benzene rings is 1. The number of hydrogen-bond acceptors (Lipinski definition) is 4. The number of rotatable bonds is 5. The fraction of sp³-hybridized carbons (Fsp3) is 0.429. The molecule has 0 saturated carbocycles. The maximum absolute atomic E-state index is 13.3. The first-order valence-corrected chi connectivity index (χ1v) is 7.81. The summed E-state index contributed by atoms with van der Waals surface area (Å²) in [6.07, 6.45) is 0. The van der Waals surface area contributed by atoms with Gasteiger partial charge in [0.05, 0.1) is 11.0 Å². The molecule has 1 rings (SSSR count). The van der Waals surface area contributed by atoms with E-state index in [4.69, 9.17) is 9.84 Å². The Labute approximate surface area is 118 Å². The molecule has 1 aromatic rings. The van der Waals surface area contributed by atoms with Crippen molar-refractivity contribution in [3.8, 4) is 17.6 Å². The van der Waals surface area contributed by atoms with Crippen LogP contribution in [0.2, 0.25) is 0 Å². The van der Waals surface area contributed by atoms with Gasteiger partial charge >= 0.3 is 0 Å². The van der Waals surface area contributed by atoms with Gasteiger partial charge in [0.25, 0.3) is 0 Å². The smallest absolute Gasteiger partial charge is 0.155 e. The summed E-state index contributed by atoms with van der Waals surface area (Å²) in [5, 5.41) is 8.12. The van der Waals surface area contributed by atoms with Crippen LogP contribution in [-0.4, -0.2) is 37.7 Å². The van der Waals surface area contributed by atoms with E-state index in [1.54, 1.807) is 13.8 Å². The predicted octanol–water partition coefficient (Wildman–Crippen LogP) is 1.37. The Morgan fingerprint density at radius 2 is 2.05 bits per heavy atom. The van der Waals surface area contributed by atoms with Crippen LogP contribution in [0.3, 0.4) is 0 Å². The Kier molecular flexibility index (Phi) is 5.99. The minimum atomic E-state index is -3.18. The Morgan fingerprint density at radius 3 is 2.65 bits per heavy atom. The van der Waals surface area contributed by atoms with Gasteiger partial charge in [0.1, 0.15) is 24.8 Å². The molecule has 0 atom stereocenters. The molecule has 0 heterocycles. The largest absolute Gasteiger partial charge is 0.492 e. The molecule has 0 spiro atoms. The fourth-order valence-electron chi connectivity index (χ4n) is 1.37. The van der Waals surface area contributed by atoms with Gasteiger partial charge in [0.15, 0.2) is 9.84 Å². The molecule has 110 valence electrons. The van der Waals surface area contributed by atoms with Crippen LogP contribution in [0.15, 0.2) is 18.2 Å². The SMILES string of the molecule is CC(C)S(=O)(=O)CCOc1cc(F)cc(C#CCO)c1. The molecule has 1 aromatic carbocycles. The lowest BCUT2D eigenvalue weighted by Crippen LogP contribution is -2.22. The number of aliphatic hydroxyl groups excluding tert-OH is 1. The summed E-state index contributed by atoms with van der Waals surface area (Å²) in [5.41, 5.74) is 0.362. The highest BCUT2D eigenvalue weighted by atomic mass is 32.2. The molecule has 0 fully saturated rings. The third kappa shape index (κ3) is 5.19. The first kappa shape index (κ1) is 16.5. The average Bonchev–Trinajstić information content (AvgIpc) is 2.35. The molecule has 0 aliphatic rings. The van der Waals surface area contributed by atoms with Gasteiger partial charge in [-0.1, -0.05) is 11.8 Å². The van der Waals surface area contributed by atoms with E-state index in [1.807, 2.05) is 0 Å². The maximum atomic E-state index is 13.3. The molecule has 4 nitrogen and oxygen atoms in total. The average molecular weight is 300 g/mol. The third-order valence-electron chi connectivity index (χ3n) is 2.54. The van der Waals surface area contributed by atoms with Crippen LogP contribution in [0.5, 0.6) is 5.75 Å². The van der Waals surface area contributed by atoms with E-state index in [0.29, 0.717) is 5.56 Å². The molecule has 0 aromatic heterocycles. The Hall–Kier alpha value is -1.58. The van der Waals surface area contributed by atoms with Crippen LogP contribution in [0.1, 0.15) is 19.4 Å². The number of aliphatic hydroxyl groups is 1. The molecular formula is C14H17FO4S. The minimum absolute atomic E-state index is 0.0448. The van der Waals surface area contributed by atoms with Crippen molar-refractivity contribution < 1.29 is 22.7 Å². The summed E-state index contributed by atoms with van der Waals surface area (Å²) in [7, 11) is -3.18. The van der Waals surface area contributed by atoms with Gasteiger partial charge in [-0.25, -0.2) is 12.8 Å². The number of hydrogen-bond donors (Lipinski definition) is 1. The molecule has 0 saturated heterocycles. The van der Waals surface area contributed by atoms with Gasteiger partial charge in [-0.3, -0.25) is 0 Å². The van der Waals surface area contributed by atoms with E-state index in [1.165, 1.54) is 12.1 Å². The van der Waals surface area contributed by atoms with Crippen molar-refractivity contribution in [2.24, 2.45) is 0 Å². The summed E-state index contributed by atoms with van der Waals surface area (Å²) < 4.78 is 41.7. The van der Waals surface area contributed by atoms with Crippen LogP contribution in [0.25, 0.3) is 0 Å². The van der Waals surface area contributed by atoms with E-state index >= 15 is 0 Å². The third-order valence-corrected chi connectivity index (χ3v) is 4.71. The molecule has 0 amide bonds. The van der Waals surface area contributed by atoms with Gasteiger partial charge in [-0.05, 0) is 26.0 Å². The Balaban J connectivity index is 2.72. The molecule has 6 heteroatoms. The Morgan fingerprint density at radius 1 is 1.35 bits per heavy atom. The molecule has 0 unspecified atom stereocenters. The fourth-order valence-corrected chi connectivity index (χ4v) is 2.16. The second-order valence-electron chi connectivity index (χ2n) is 4.40. The minimum Gasteiger partial charge on any atom is -0.492 e. The van der Waals surface area contributed by atoms with Crippen molar-refractivity contribution in [3.05, 3.63) is 29.6 Å². The van der Waals surface area contributed by atoms with Crippen molar-refractivity contribution in [2.45, 2.75) is 19.1 Å². The normalized spacial score (nSPS) is 11.1. The lowest BCUT2D eigenvalue weighted by molar-refractivity contribution is 0.338. The van der Waals surface area contributed by atoms with E-state index in [9.17, 15) is 12.8 Å². The van der Waals surface area contributed by atoms with Crippen molar-refractivity contribution in [2.75, 3.05) is 19.0 Å². The number of ether oxygens (including phenoxy) is 1. The van der Waals surface area contributed by atoms with Crippen molar-refractivity contribution >= 4 is 9.84 Å². The molecule has 1 N–H and O–H groups in total. The molecule has 0 bridgehead atoms. The highest BCUT2D eigenvalue weighted by molar-refractivity contribution is 7.91. The van der Waals surface area contributed by atoms with Crippen molar-refractivity contribution in [3.63, 3.8) is 0 Å². The maximum Gasteiger partial charge on any atom is 0.155 e. The Bertz CT molecular complexity index is 612. The highest BCUT2D eigenvalue weighted by Gasteiger charge is 2.15. The first-order chi connectivity index (χ1) is 9.35. The summed E-state index contributed by atoms with van der Waals surface area (Å²) in [6, 6.07) is 3.86. The molecule has 20 heavy (non-hydrogen) atoms. The zero-order chi connectivity index (χ0) is 15.2. The quantitative estimate of drug-likeness (QED) is 0.834. The zero-order valence-electron chi connectivity index (χ0n) is 11.4. The van der Waals surface area contributed by atoms with E-state index in [-0.39, 0.29) is 24.7 Å². The number of halogens is 1. The number of sulfone groups is 1. The molecule has 0 aliphatic heterocycles. The first-order valence-electron chi connectivity index (χ1n) is 6.10. The zero-order valence-corrected chi connectivity index (χ0v) is 12.2. The van der Waals surface area contributed by atoms with Crippen LogP contribution in [0, 0.1) is 17.7 Å². The van der Waals surface area contributed by atoms with Crippen LogP contribution in [0.4, 0.5) is 4.39 Å². The van der Waals surface area contributed by atoms with E-state index in [0.717, 1.165) is 6.07 Å². The monoisotopic (exact) mass is 300 g/mol. The topological polar surface area (TPSA) is 63.6 Å². The molecule has 0 radical (unpaired) electrons. The predicted molar refractivity (Wildman–Crippen MR) is 74.8 cm³/mol. The lowest BCUT2D eigenvalue weighted by atomic mass is 10.2. The molecular weight excluding hydrogens is 283 g/mol. The van der Waals surface area contributed by atoms with Crippen LogP contribution in [-0.2, 0) is 9.84 Å². The van der Waals surface area contributed by atoms with Gasteiger partial charge in [0, 0.05) is 11.6 Å². The van der Waals surface area contributed by atoms with Gasteiger partial charge < -0.3 is 9.84 Å². The summed E-state index contributed by atoms with van der Waals surface area (Å²) in [4.78, 5) is 0.